The molecule has 0 fully saturated rings. The molecule has 0 saturated heterocycles. The third-order valence-corrected chi connectivity index (χ3v) is 4.13. The molecule has 0 saturated carbocycles. The maximum Gasteiger partial charge on any atom is 0.154 e. The lowest BCUT2D eigenvalue weighted by Crippen LogP contribution is -1.86. The van der Waals surface area contributed by atoms with Gasteiger partial charge in [0.2, 0.25) is 0 Å². The zero-order valence-corrected chi connectivity index (χ0v) is 10.0. The zero-order valence-electron chi connectivity index (χ0n) is 8.38. The Bertz CT molecular complexity index is 514. The Labute approximate surface area is 102 Å². The summed E-state index contributed by atoms with van der Waals surface area (Å²) >= 11 is 2.94. The van der Waals surface area contributed by atoms with Crippen LogP contribution in [0.15, 0.2) is 34.7 Å². The van der Waals surface area contributed by atoms with E-state index >= 15 is 0 Å². The van der Waals surface area contributed by atoms with Crippen LogP contribution in [0.5, 0.6) is 0 Å². The van der Waals surface area contributed by atoms with Crippen molar-refractivity contribution in [2.45, 2.75) is 10.1 Å². The van der Waals surface area contributed by atoms with Gasteiger partial charge in [0.25, 0.3) is 0 Å². The van der Waals surface area contributed by atoms with Crippen LogP contribution in [0.25, 0.3) is 0 Å². The number of nitrogens with two attached hydrogens (primary N) is 1. The maximum absolute atomic E-state index is 8.75. The Morgan fingerprint density at radius 3 is 2.75 bits per heavy atom. The summed E-state index contributed by atoms with van der Waals surface area (Å²) in [7, 11) is 0. The number of nitrogen functional groups attached to an aromatic ring is 1. The second-order valence-electron chi connectivity index (χ2n) is 3.08. The highest BCUT2D eigenvalue weighted by Gasteiger charge is 2.07. The molecule has 5 heteroatoms. The monoisotopic (exact) mass is 247 g/mol. The van der Waals surface area contributed by atoms with Crippen molar-refractivity contribution in [1.29, 1.82) is 5.26 Å². The quantitative estimate of drug-likeness (QED) is 0.847. The third-order valence-electron chi connectivity index (χ3n) is 1.94. The molecule has 80 valence electrons. The smallest absolute Gasteiger partial charge is 0.154 e. The van der Waals surface area contributed by atoms with Gasteiger partial charge < -0.3 is 5.73 Å². The van der Waals surface area contributed by atoms with Crippen molar-refractivity contribution in [1.82, 2.24) is 4.98 Å². The summed E-state index contributed by atoms with van der Waals surface area (Å²) in [6.45, 7) is 0. The molecule has 0 radical (unpaired) electrons. The summed E-state index contributed by atoms with van der Waals surface area (Å²) in [4.78, 5) is 4.63. The van der Waals surface area contributed by atoms with Gasteiger partial charge in [-0.1, -0.05) is 53.4 Å². The molecule has 1 aromatic heterocycles. The Kier molecular flexibility index (Phi) is 3.44. The van der Waals surface area contributed by atoms with Crippen molar-refractivity contribution < 1.29 is 0 Å². The molecule has 0 unspecified atom stereocenters. The Balaban J connectivity index is 2.03. The fourth-order valence-electron chi connectivity index (χ4n) is 1.17. The van der Waals surface area contributed by atoms with Gasteiger partial charge in [-0.2, -0.15) is 5.26 Å². The molecule has 0 aliphatic carbocycles. The average molecular weight is 247 g/mol. The van der Waals surface area contributed by atoms with E-state index in [4.69, 9.17) is 11.0 Å². The molecule has 0 atom stereocenters. The first-order valence-electron chi connectivity index (χ1n) is 4.62. The van der Waals surface area contributed by atoms with Gasteiger partial charge in [-0.15, -0.1) is 0 Å². The Hall–Kier alpha value is -1.51. The first-order valence-corrected chi connectivity index (χ1v) is 6.43. The molecule has 2 aromatic rings. The summed E-state index contributed by atoms with van der Waals surface area (Å²) in [5, 5.41) is 8.75. The highest BCUT2D eigenvalue weighted by molar-refractivity contribution is 8.00. The molecule has 2 rings (SSSR count). The van der Waals surface area contributed by atoms with Gasteiger partial charge in [-0.05, 0) is 5.56 Å². The van der Waals surface area contributed by atoms with Crippen LogP contribution in [0, 0.1) is 11.3 Å². The van der Waals surface area contributed by atoms with Crippen LogP contribution < -0.4 is 5.73 Å². The number of anilines is 1. The predicted molar refractivity (Wildman–Crippen MR) is 67.2 cm³/mol. The van der Waals surface area contributed by atoms with Crippen molar-refractivity contribution in [2.24, 2.45) is 0 Å². The van der Waals surface area contributed by atoms with Gasteiger partial charge in [-0.3, -0.25) is 0 Å². The van der Waals surface area contributed by atoms with E-state index in [-0.39, 0.29) is 0 Å². The molecule has 0 bridgehead atoms. The van der Waals surface area contributed by atoms with E-state index in [0.717, 1.165) is 10.1 Å². The molecule has 0 spiro atoms. The van der Waals surface area contributed by atoms with Crippen LogP contribution in [-0.2, 0) is 5.75 Å². The Morgan fingerprint density at radius 1 is 1.38 bits per heavy atom. The minimum Gasteiger partial charge on any atom is -0.382 e. The molecule has 2 N–H and O–H groups in total. The largest absolute Gasteiger partial charge is 0.382 e. The number of benzene rings is 1. The van der Waals surface area contributed by atoms with Crippen LogP contribution in [0.1, 0.15) is 10.4 Å². The first kappa shape index (κ1) is 11.0. The number of aromatic nitrogens is 1. The molecule has 0 aliphatic rings. The van der Waals surface area contributed by atoms with E-state index in [1.54, 1.807) is 11.8 Å². The van der Waals surface area contributed by atoms with Gasteiger partial charge in [-0.25, -0.2) is 4.98 Å². The van der Waals surface area contributed by atoms with Crippen molar-refractivity contribution in [3.63, 3.8) is 0 Å². The van der Waals surface area contributed by atoms with Crippen LogP contribution >= 0.6 is 23.1 Å². The first-order chi connectivity index (χ1) is 7.79. The van der Waals surface area contributed by atoms with Gasteiger partial charge >= 0.3 is 0 Å². The summed E-state index contributed by atoms with van der Waals surface area (Å²) in [5.41, 5.74) is 6.82. The molecule has 1 aromatic carbocycles. The maximum atomic E-state index is 8.75. The molecule has 3 nitrogen and oxygen atoms in total. The minimum atomic E-state index is 0.336. The SMILES string of the molecule is N#Cc1sc(SCc2ccccc2)nc1N. The molecule has 1 heterocycles. The van der Waals surface area contributed by atoms with E-state index in [1.807, 2.05) is 24.3 Å². The summed E-state index contributed by atoms with van der Waals surface area (Å²) < 4.78 is 0.845. The third kappa shape index (κ3) is 2.54. The number of nitrogens with zero attached hydrogens (tertiary/aromatic N) is 2. The van der Waals surface area contributed by atoms with Crippen molar-refractivity contribution in [3.05, 3.63) is 40.8 Å². The molecule has 0 aliphatic heterocycles. The number of hydrogen-bond donors (Lipinski definition) is 1. The predicted octanol–water partition coefficient (Wildman–Crippen LogP) is 2.89. The van der Waals surface area contributed by atoms with Crippen LogP contribution in [0.4, 0.5) is 5.82 Å². The van der Waals surface area contributed by atoms with Gasteiger partial charge in [0.1, 0.15) is 10.9 Å². The summed E-state index contributed by atoms with van der Waals surface area (Å²) in [5.74, 6) is 1.18. The highest BCUT2D eigenvalue weighted by atomic mass is 32.2. The topological polar surface area (TPSA) is 62.7 Å². The van der Waals surface area contributed by atoms with E-state index in [9.17, 15) is 0 Å². The van der Waals surface area contributed by atoms with Crippen LogP contribution in [0.3, 0.4) is 0 Å². The molecule has 16 heavy (non-hydrogen) atoms. The fourth-order valence-corrected chi connectivity index (χ4v) is 3.00. The lowest BCUT2D eigenvalue weighted by atomic mass is 10.2. The number of rotatable bonds is 3. The minimum absolute atomic E-state index is 0.336. The van der Waals surface area contributed by atoms with Crippen LogP contribution in [0.2, 0.25) is 0 Å². The number of hydrogen-bond acceptors (Lipinski definition) is 5. The standard InChI is InChI=1S/C11H9N3S2/c12-6-9-10(13)14-11(16-9)15-7-8-4-2-1-3-5-8/h1-5H,7,13H2. The van der Waals surface area contributed by atoms with Crippen molar-refractivity contribution >= 4 is 28.9 Å². The van der Waals surface area contributed by atoms with Crippen LogP contribution in [-0.4, -0.2) is 4.98 Å². The number of thioether (sulfide) groups is 1. The highest BCUT2D eigenvalue weighted by Crippen LogP contribution is 2.30. The summed E-state index contributed by atoms with van der Waals surface area (Å²) in [6, 6.07) is 12.2. The lowest BCUT2D eigenvalue weighted by Gasteiger charge is -1.97. The van der Waals surface area contributed by atoms with Gasteiger partial charge in [0, 0.05) is 5.75 Å². The number of nitriles is 1. The normalized spacial score (nSPS) is 9.94. The second-order valence-corrected chi connectivity index (χ2v) is 5.30. The van der Waals surface area contributed by atoms with E-state index in [1.165, 1.54) is 16.9 Å². The van der Waals surface area contributed by atoms with Gasteiger partial charge in [0.15, 0.2) is 10.2 Å². The van der Waals surface area contributed by atoms with E-state index in [2.05, 4.69) is 17.1 Å². The molecular formula is C11H9N3S2. The Morgan fingerprint density at radius 2 is 2.12 bits per heavy atom. The zero-order chi connectivity index (χ0) is 11.4. The second kappa shape index (κ2) is 5.01. The van der Waals surface area contributed by atoms with E-state index in [0.29, 0.717) is 10.7 Å². The molecule has 0 amide bonds. The van der Waals surface area contributed by atoms with E-state index < -0.39 is 0 Å². The average Bonchev–Trinajstić information content (AvgIpc) is 2.69. The summed E-state index contributed by atoms with van der Waals surface area (Å²) in [6.07, 6.45) is 0. The number of thiazole rings is 1. The van der Waals surface area contributed by atoms with Crippen molar-refractivity contribution in [3.8, 4) is 6.07 Å². The lowest BCUT2D eigenvalue weighted by molar-refractivity contribution is 1.25. The van der Waals surface area contributed by atoms with Gasteiger partial charge in [0.05, 0.1) is 0 Å². The fraction of sp³-hybridized carbons (Fsp3) is 0.0909. The van der Waals surface area contributed by atoms with Crippen molar-refractivity contribution in [2.75, 3.05) is 5.73 Å². The molecular weight excluding hydrogens is 238 g/mol.